The molecular formula is C142H86O3. The molecule has 28 aromatic carbocycles. The molecule has 0 radical (unpaired) electrons. The molecule has 3 heterocycles. The third-order valence-corrected chi connectivity index (χ3v) is 24.0. The molecule has 0 unspecified atom stereocenters. The molecular weight excluding hydrogens is 1750 g/mol. The SMILES string of the molecule is [2H]c1c([2H])c(-c2c([2H])c([2H])c([2H])c3c([2H])c([2H])c([2H])c([2H])c23)c([2H])c(-c2c3c([2H])c([2H])c([2H])c([2H])c3c(-c3c([2H])c([2H])c4oc5c6c([2H])c([2H])c([2H])c([2H])c6c([2H])c([2H])c5c4c3[2H])c3c([2H])c([2H])c([2H])c([2H])c23)c1[2H].[2H]c1c([2H])c(-c2c([2H])c([2H])c([2H])c3c2c([2H])c([2H])c2c([2H])c([2H])c([2H])c([2H])c23)c([2H])c([2H])c1-c1c2c([2H])c([2H])c([2H])c([2H])c2c(-c2c([2H])c([2H])c3oc4c5c([2H])c([2H])c([2H])c([2H])c5c([2H])c([2H])c4c3c2[2H])c2c([2H])c([2H])c([2H])c([2H])c12.[2H]c1c([2H])c(-c2c([2H])c([2H])c3c([2H])c([2H])c([2H])c([2H])c3c2[2H])c([2H])c(-c2c3c([2H])c([2H])c([2H])c([2H])c3c(-c3c([2H])c([2H])c4oc5c6c([2H])c([2H])c([2H])c([2H])c6c([2H])c([2H])c5c4c3[2H])c3c([2H])c([2H])c([2H])c([2H])c23)c1[2H]. The normalized spacial score (nSPS) is 20.2. The summed E-state index contributed by atoms with van der Waals surface area (Å²) < 4.78 is 794. The molecule has 0 spiro atoms. The van der Waals surface area contributed by atoms with Gasteiger partial charge in [-0.15, -0.1) is 0 Å². The fraction of sp³-hybridized carbons (Fsp3) is 0. The van der Waals surface area contributed by atoms with E-state index in [1.54, 1.807) is 0 Å². The zero-order valence-electron chi connectivity index (χ0n) is 158. The molecule has 0 aliphatic heterocycles. The van der Waals surface area contributed by atoms with Gasteiger partial charge in [0, 0.05) is 48.5 Å². The predicted octanol–water partition coefficient (Wildman–Crippen LogP) is 40.8. The fourth-order valence-corrected chi connectivity index (χ4v) is 17.8. The summed E-state index contributed by atoms with van der Waals surface area (Å²) >= 11 is 0. The van der Waals surface area contributed by atoms with Gasteiger partial charge in [0.2, 0.25) is 0 Å². The first kappa shape index (κ1) is 34.1. The summed E-state index contributed by atoms with van der Waals surface area (Å²) in [5.41, 5.74) is -17.9. The first-order valence-corrected chi connectivity index (χ1v) is 43.0. The van der Waals surface area contributed by atoms with Gasteiger partial charge in [-0.25, -0.2) is 0 Å². The number of fused-ring (bicyclic) bond motifs is 26. The van der Waals surface area contributed by atoms with Gasteiger partial charge in [0.1, 0.15) is 33.5 Å². The fourth-order valence-electron chi connectivity index (χ4n) is 17.8. The largest absolute Gasteiger partial charge is 0.455 e. The first-order chi connectivity index (χ1) is 108. The van der Waals surface area contributed by atoms with Gasteiger partial charge in [-0.1, -0.05) is 447 Å². The Bertz CT molecular complexity index is 16300. The summed E-state index contributed by atoms with van der Waals surface area (Å²) in [6.45, 7) is 0. The Morgan fingerprint density at radius 1 is 0.110 bits per heavy atom. The lowest BCUT2D eigenvalue weighted by Crippen LogP contribution is -1.91. The molecule has 0 aliphatic rings. The summed E-state index contributed by atoms with van der Waals surface area (Å²) in [5.74, 6) is 0. The van der Waals surface area contributed by atoms with Crippen LogP contribution in [0.5, 0.6) is 0 Å². The second-order valence-corrected chi connectivity index (χ2v) is 31.8. The molecule has 0 N–H and O–H groups in total. The van der Waals surface area contributed by atoms with Crippen LogP contribution in [0.3, 0.4) is 0 Å². The quantitative estimate of drug-likeness (QED) is 0.107. The van der Waals surface area contributed by atoms with E-state index in [1.807, 2.05) is 0 Å². The third kappa shape index (κ3) is 13.7. The van der Waals surface area contributed by atoms with Gasteiger partial charge in [0.05, 0.1) is 118 Å². The second-order valence-electron chi connectivity index (χ2n) is 31.8. The molecule has 31 rings (SSSR count). The van der Waals surface area contributed by atoms with Gasteiger partial charge in [-0.2, -0.15) is 0 Å². The highest BCUT2D eigenvalue weighted by molar-refractivity contribution is 6.28. The van der Waals surface area contributed by atoms with Crippen LogP contribution in [0.15, 0.2) is 533 Å². The molecule has 3 aromatic heterocycles. The summed E-state index contributed by atoms with van der Waals surface area (Å²) in [4.78, 5) is 0. The van der Waals surface area contributed by atoms with Crippen molar-refractivity contribution in [3.63, 3.8) is 0 Å². The lowest BCUT2D eigenvalue weighted by Gasteiger charge is -2.18. The van der Waals surface area contributed by atoms with Crippen LogP contribution in [0.2, 0.25) is 0 Å². The monoisotopic (exact) mass is 1930 g/mol. The van der Waals surface area contributed by atoms with Crippen molar-refractivity contribution in [2.24, 2.45) is 0 Å². The molecule has 0 saturated carbocycles. The Labute approximate surface area is 955 Å². The van der Waals surface area contributed by atoms with Crippen LogP contribution in [0.25, 0.3) is 306 Å². The Balaban J connectivity index is 0.000000145. The topological polar surface area (TPSA) is 39.4 Å². The van der Waals surface area contributed by atoms with Gasteiger partial charge in [0.15, 0.2) is 0 Å². The van der Waals surface area contributed by atoms with Crippen molar-refractivity contribution < 1.29 is 131 Å². The van der Waals surface area contributed by atoms with E-state index in [0.717, 1.165) is 0 Å². The number of hydrogen-bond acceptors (Lipinski definition) is 3. The zero-order chi connectivity index (χ0) is 170. The molecule has 0 aliphatic carbocycles. The van der Waals surface area contributed by atoms with E-state index in [4.69, 9.17) is 90.0 Å². The number of hydrogen-bond donors (Lipinski definition) is 0. The molecule has 0 amide bonds. The molecule has 0 fully saturated rings. The number of furan rings is 3. The van der Waals surface area contributed by atoms with Crippen LogP contribution in [0, 0.1) is 0 Å². The molecule has 0 bridgehead atoms. The highest BCUT2D eigenvalue weighted by Crippen LogP contribution is 2.52. The number of rotatable bonds is 9. The molecule has 31 aromatic rings. The lowest BCUT2D eigenvalue weighted by atomic mass is 9.85. The van der Waals surface area contributed by atoms with Crippen LogP contribution < -0.4 is 0 Å². The van der Waals surface area contributed by atoms with Gasteiger partial charge in [-0.05, 0) is 297 Å². The Kier molecular flexibility index (Phi) is 7.98. The van der Waals surface area contributed by atoms with Crippen molar-refractivity contribution in [1.29, 1.82) is 0 Å². The summed E-state index contributed by atoms with van der Waals surface area (Å²) in [6, 6.07) is -79.5. The number of benzene rings is 28. The van der Waals surface area contributed by atoms with Crippen LogP contribution >= 0.6 is 0 Å². The predicted molar refractivity (Wildman–Crippen MR) is 618 cm³/mol. The van der Waals surface area contributed by atoms with Crippen molar-refractivity contribution >= 4 is 206 Å². The highest BCUT2D eigenvalue weighted by Gasteiger charge is 2.26. The molecule has 3 heteroatoms. The van der Waals surface area contributed by atoms with E-state index in [0.29, 0.717) is 0 Å². The van der Waals surface area contributed by atoms with E-state index >= 15 is 0 Å². The minimum Gasteiger partial charge on any atom is -0.455 e. The third-order valence-electron chi connectivity index (χ3n) is 24.0. The maximum Gasteiger partial charge on any atom is 0.143 e. The van der Waals surface area contributed by atoms with E-state index in [1.165, 1.54) is 0 Å². The van der Waals surface area contributed by atoms with Crippen molar-refractivity contribution in [1.82, 2.24) is 0 Å². The second kappa shape index (κ2) is 33.9. The molecule has 0 saturated heterocycles. The maximum atomic E-state index is 9.86. The zero-order valence-corrected chi connectivity index (χ0v) is 72.2. The summed E-state index contributed by atoms with van der Waals surface area (Å²) in [7, 11) is 0. The Hall–Kier alpha value is -19.1. The first-order valence-electron chi connectivity index (χ1n) is 86.0. The molecule has 672 valence electrons. The average molecular weight is 1930 g/mol. The molecule has 145 heavy (non-hydrogen) atoms. The Morgan fingerprint density at radius 2 is 0.345 bits per heavy atom. The van der Waals surface area contributed by atoms with E-state index in [2.05, 4.69) is 0 Å². The Morgan fingerprint density at radius 3 is 0.745 bits per heavy atom. The minimum absolute atomic E-state index is 0.421. The van der Waals surface area contributed by atoms with E-state index in [-0.39, 0.29) is 0 Å². The van der Waals surface area contributed by atoms with Crippen LogP contribution in [-0.2, 0) is 0 Å². The van der Waals surface area contributed by atoms with Gasteiger partial charge >= 0.3 is 0 Å². The van der Waals surface area contributed by atoms with Crippen LogP contribution in [0.1, 0.15) is 118 Å². The molecule has 3 nitrogen and oxygen atoms in total. The molecule has 0 atom stereocenters. The summed E-state index contributed by atoms with van der Waals surface area (Å²) in [6.07, 6.45) is 0. The minimum atomic E-state index is -1.14. The van der Waals surface area contributed by atoms with Crippen molar-refractivity contribution in [2.45, 2.75) is 0 Å². The lowest BCUT2D eigenvalue weighted by molar-refractivity contribution is 0.672. The maximum absolute atomic E-state index is 9.86. The summed E-state index contributed by atoms with van der Waals surface area (Å²) in [5, 5.41) is -19.6. The van der Waals surface area contributed by atoms with Crippen molar-refractivity contribution in [2.75, 3.05) is 0 Å². The average Bonchev–Trinajstić information content (AvgIpc) is 1.54. The smallest absolute Gasteiger partial charge is 0.143 e. The van der Waals surface area contributed by atoms with Gasteiger partial charge < -0.3 is 13.3 Å². The highest BCUT2D eigenvalue weighted by atomic mass is 16.3. The van der Waals surface area contributed by atoms with Crippen molar-refractivity contribution in [3.05, 3.63) is 520 Å². The van der Waals surface area contributed by atoms with E-state index in [9.17, 15) is 41.1 Å². The van der Waals surface area contributed by atoms with Crippen LogP contribution in [0.4, 0.5) is 0 Å². The van der Waals surface area contributed by atoms with E-state index < -0.39 is 826 Å². The standard InChI is InChI=1S/C50H30O.2C46H28O/c1-3-12-36-31(10-1)24-27-40-37(18-9-19-39(36)40)33-20-22-34(23-21-33)48-41-14-5-7-16-43(41)49(44-17-8-6-15-42(44)48)35-26-29-47-46(30-35)45-28-25-32-11-2-4-13-38(32)50(45)51-47;1-3-16-34-29(11-1)13-10-22-35(34)31-14-9-15-32(27-31)44-37-18-5-7-20-39(37)45(40-21-8-6-19-38(40)44)33-24-26-43-42(28-33)41-25-23-30-12-2-4-17-36(30)46(41)47-43;1-2-12-31-26-33(21-20-29(31)10-1)32-13-9-14-34(27-32)44-37-16-5-7-18-39(37)45(40-19-8-6-17-38(40)44)35-23-25-43-42(28-35)41-24-22-30-11-3-4-15-36(30)46(41)47-43/h1-30H;2*1-28H/i1D,2D,3D,4D,5D,6D,7D,8D,9D,10D,11D,12D,13D,14D,15D,16D,17D,18D,19D,20D,21D,22D,23D,24D,25D,26D,27D,28D,29D,30D;2*1D,2D,3D,4D,5D,6D,7D,8D,9D,10D,11D,12D,13D,14D,15D,16D,17D,18D,19D,20D,21D,22D,23D,24D,25D,26D,27D,28D. The van der Waals surface area contributed by atoms with Crippen molar-refractivity contribution in [3.8, 4) is 100 Å². The van der Waals surface area contributed by atoms with Gasteiger partial charge in [-0.3, -0.25) is 0 Å². The van der Waals surface area contributed by atoms with Crippen LogP contribution in [-0.4, -0.2) is 0 Å². The van der Waals surface area contributed by atoms with Gasteiger partial charge in [0.25, 0.3) is 0 Å².